The van der Waals surface area contributed by atoms with E-state index in [1.54, 1.807) is 23.1 Å². The zero-order chi connectivity index (χ0) is 31.1. The lowest BCUT2D eigenvalue weighted by Crippen LogP contribution is -2.24. The minimum absolute atomic E-state index is 0.0601. The van der Waals surface area contributed by atoms with Crippen molar-refractivity contribution in [3.05, 3.63) is 155 Å². The van der Waals surface area contributed by atoms with E-state index in [1.807, 2.05) is 84.9 Å². The van der Waals surface area contributed by atoms with Gasteiger partial charge in [0.1, 0.15) is 4.90 Å². The van der Waals surface area contributed by atoms with E-state index in [-0.39, 0.29) is 33.4 Å². The molecule has 0 aromatic heterocycles. The third-order valence-corrected chi connectivity index (χ3v) is 9.21. The number of anilines is 2. The number of carbonyl (C=O) groups excluding carboxylic acids is 2. The van der Waals surface area contributed by atoms with E-state index in [1.165, 1.54) is 30.4 Å². The molecule has 218 valence electrons. The Labute approximate surface area is 259 Å². The Bertz CT molecular complexity index is 2210. The summed E-state index contributed by atoms with van der Waals surface area (Å²) in [4.78, 5) is 31.3. The first-order valence-corrected chi connectivity index (χ1v) is 15.5. The average molecular weight is 610 g/mol. The quantitative estimate of drug-likeness (QED) is 0.119. The molecule has 5 aromatic rings. The Hall–Kier alpha value is -5.89. The number of fused-ring (bicyclic) bond motifs is 2. The topological polar surface area (TPSA) is 117 Å². The number of rotatable bonds is 6. The summed E-state index contributed by atoms with van der Waals surface area (Å²) in [6.07, 6.45) is 2.66. The summed E-state index contributed by atoms with van der Waals surface area (Å²) < 4.78 is 33.3. The number of nitrogens with zero attached hydrogens (tertiary/aromatic N) is 3. The van der Waals surface area contributed by atoms with Crippen LogP contribution >= 0.6 is 0 Å². The highest BCUT2D eigenvalue weighted by Crippen LogP contribution is 2.46. The van der Waals surface area contributed by atoms with E-state index >= 15 is 0 Å². The third kappa shape index (κ3) is 4.77. The first kappa shape index (κ1) is 27.9. The largest absolute Gasteiger partial charge is 0.378 e. The molecule has 5 aromatic carbocycles. The van der Waals surface area contributed by atoms with Crippen LogP contribution in [0.3, 0.4) is 0 Å². The number of amides is 1. The summed E-state index contributed by atoms with van der Waals surface area (Å²) in [5.74, 6) is -1.30. The molecule has 1 heterocycles. The molecule has 0 fully saturated rings. The second-order valence-electron chi connectivity index (χ2n) is 10.5. The minimum atomic E-state index is -4.45. The molecule has 1 aliphatic heterocycles. The molecule has 0 saturated heterocycles. The molecule has 0 radical (unpaired) electrons. The van der Waals surface area contributed by atoms with Crippen LogP contribution in [-0.2, 0) is 14.9 Å². The Morgan fingerprint density at radius 1 is 0.733 bits per heavy atom. The molecule has 8 nitrogen and oxygen atoms in total. The number of carbonyl (C=O) groups is 2. The normalized spacial score (nSPS) is 15.4. The summed E-state index contributed by atoms with van der Waals surface area (Å²) in [6.45, 7) is 0. The number of Topliss-reactive ketones (excluding diaryl/α,β-unsaturated/α-hetero) is 1. The first-order chi connectivity index (χ1) is 21.9. The van der Waals surface area contributed by atoms with Crippen molar-refractivity contribution in [2.75, 3.05) is 4.90 Å². The lowest BCUT2D eigenvalue weighted by molar-refractivity contribution is -0.117. The predicted molar refractivity (Wildman–Crippen MR) is 170 cm³/mol. The van der Waals surface area contributed by atoms with Crippen LogP contribution in [0.1, 0.15) is 33.0 Å². The molecule has 0 saturated carbocycles. The van der Waals surface area contributed by atoms with Crippen LogP contribution in [0.25, 0.3) is 22.7 Å². The van der Waals surface area contributed by atoms with Gasteiger partial charge in [-0.3, -0.25) is 14.5 Å². The number of para-hydroxylation sites is 2. The molecular formula is C36H23N3O5S. The van der Waals surface area contributed by atoms with Crippen molar-refractivity contribution in [1.82, 2.24) is 0 Å². The Balaban J connectivity index is 1.33. The molecule has 7 rings (SSSR count). The summed E-state index contributed by atoms with van der Waals surface area (Å²) in [5.41, 5.74) is 13.4. The van der Waals surface area contributed by atoms with E-state index in [4.69, 9.17) is 9.71 Å². The summed E-state index contributed by atoms with van der Waals surface area (Å²) >= 11 is 0. The molecule has 1 aliphatic carbocycles. The fourth-order valence-corrected chi connectivity index (χ4v) is 7.04. The van der Waals surface area contributed by atoms with Crippen LogP contribution in [0, 0.1) is 0 Å². The Morgan fingerprint density at radius 2 is 1.44 bits per heavy atom. The number of hydrogen-bond donors (Lipinski definition) is 0. The predicted octanol–water partition coefficient (Wildman–Crippen LogP) is 6.81. The van der Waals surface area contributed by atoms with Gasteiger partial charge in [0.25, 0.3) is 5.78 Å². The summed E-state index contributed by atoms with van der Waals surface area (Å²) in [6, 6.07) is 35.6. The number of ketones is 1. The van der Waals surface area contributed by atoms with Crippen molar-refractivity contribution in [1.29, 1.82) is 0 Å². The molecule has 1 atom stereocenters. The molecule has 0 bridgehead atoms. The van der Waals surface area contributed by atoms with Crippen molar-refractivity contribution in [2.45, 2.75) is 10.8 Å². The molecule has 1 amide bonds. The zero-order valence-corrected chi connectivity index (χ0v) is 24.4. The highest BCUT2D eigenvalue weighted by atomic mass is 32.2. The van der Waals surface area contributed by atoms with Crippen LogP contribution in [0.5, 0.6) is 5.75 Å². The van der Waals surface area contributed by atoms with Gasteiger partial charge in [-0.25, -0.2) is 0 Å². The van der Waals surface area contributed by atoms with Gasteiger partial charge in [-0.2, -0.15) is 13.2 Å². The van der Waals surface area contributed by atoms with E-state index in [9.17, 15) is 18.0 Å². The van der Waals surface area contributed by atoms with Gasteiger partial charge >= 0.3 is 15.8 Å². The van der Waals surface area contributed by atoms with Crippen molar-refractivity contribution >= 4 is 45.0 Å². The summed E-state index contributed by atoms with van der Waals surface area (Å²) in [7, 11) is -4.45. The molecule has 45 heavy (non-hydrogen) atoms. The fourth-order valence-electron chi connectivity index (χ4n) is 5.87. The molecule has 2 aliphatic rings. The van der Waals surface area contributed by atoms with Gasteiger partial charge in [0.15, 0.2) is 5.75 Å². The van der Waals surface area contributed by atoms with E-state index in [2.05, 4.69) is 4.79 Å². The average Bonchev–Trinajstić information content (AvgIpc) is 3.37. The SMILES string of the molecule is [N-]=[N+]=C1C=Cc2c(cccc2S(=O)(=O)Oc2ccc(C3C(=O)N(c4ccccc4)c4ccccc43)cc2-c2ccccc2)C1=O. The van der Waals surface area contributed by atoms with Gasteiger partial charge < -0.3 is 9.71 Å². The highest BCUT2D eigenvalue weighted by Gasteiger charge is 2.39. The van der Waals surface area contributed by atoms with E-state index in [0.29, 0.717) is 16.7 Å². The van der Waals surface area contributed by atoms with Gasteiger partial charge in [0.2, 0.25) is 5.91 Å². The van der Waals surface area contributed by atoms with Gasteiger partial charge in [0.05, 0.1) is 11.6 Å². The van der Waals surface area contributed by atoms with Crippen LogP contribution in [0.4, 0.5) is 11.4 Å². The maximum atomic E-state index is 14.1. The van der Waals surface area contributed by atoms with Crippen molar-refractivity contribution in [3.8, 4) is 16.9 Å². The van der Waals surface area contributed by atoms with Crippen molar-refractivity contribution in [2.24, 2.45) is 0 Å². The second-order valence-corrected chi connectivity index (χ2v) is 12.0. The molecule has 0 N–H and O–H groups in total. The van der Waals surface area contributed by atoms with Gasteiger partial charge in [-0.05, 0) is 59.2 Å². The molecule has 9 heteroatoms. The maximum Gasteiger partial charge on any atom is 0.362 e. The standard InChI is InChI=1S/C36H23N3O5S/c37-38-30-20-19-26-27(35(30)40)15-9-17-33(26)45(42,43)44-32-21-18-24(22-29(32)23-10-3-1-4-11-23)34-28-14-7-8-16-31(28)39(36(34)41)25-12-5-2-6-13-25/h1-22,34H. The molecule has 0 spiro atoms. The number of hydrogen-bond acceptors (Lipinski definition) is 5. The first-order valence-electron chi connectivity index (χ1n) is 14.1. The molecular weight excluding hydrogens is 586 g/mol. The Morgan fingerprint density at radius 3 is 2.20 bits per heavy atom. The van der Waals surface area contributed by atoms with Crippen molar-refractivity contribution in [3.63, 3.8) is 0 Å². The van der Waals surface area contributed by atoms with Gasteiger partial charge in [-0.1, -0.05) is 84.9 Å². The number of benzene rings is 5. The summed E-state index contributed by atoms with van der Waals surface area (Å²) in [5, 5.41) is 0. The van der Waals surface area contributed by atoms with Crippen LogP contribution in [-0.4, -0.2) is 30.6 Å². The van der Waals surface area contributed by atoms with Crippen LogP contribution in [0.15, 0.2) is 132 Å². The molecule has 1 unspecified atom stereocenters. The zero-order valence-electron chi connectivity index (χ0n) is 23.6. The van der Waals surface area contributed by atoms with Gasteiger partial charge in [-0.15, -0.1) is 0 Å². The lowest BCUT2D eigenvalue weighted by Gasteiger charge is -2.19. The van der Waals surface area contributed by atoms with Crippen LogP contribution < -0.4 is 9.08 Å². The maximum absolute atomic E-state index is 14.1. The highest BCUT2D eigenvalue weighted by molar-refractivity contribution is 7.87. The lowest BCUT2D eigenvalue weighted by atomic mass is 9.90. The van der Waals surface area contributed by atoms with E-state index in [0.717, 1.165) is 16.9 Å². The van der Waals surface area contributed by atoms with Gasteiger partial charge in [0, 0.05) is 28.5 Å². The van der Waals surface area contributed by atoms with Crippen LogP contribution in [0.2, 0.25) is 0 Å². The second kappa shape index (κ2) is 11.0. The van der Waals surface area contributed by atoms with Crippen molar-refractivity contribution < 1.29 is 27.0 Å². The minimum Gasteiger partial charge on any atom is -0.378 e. The third-order valence-electron chi connectivity index (χ3n) is 7.92. The number of allylic oxidation sites excluding steroid dienone is 1. The smallest absolute Gasteiger partial charge is 0.362 e. The monoisotopic (exact) mass is 609 g/mol. The fraction of sp³-hybridized carbons (Fsp3) is 0.0278. The van der Waals surface area contributed by atoms with E-state index < -0.39 is 21.8 Å². The Kier molecular flexibility index (Phi) is 6.82.